The number of aromatic nitrogens is 4. The summed E-state index contributed by atoms with van der Waals surface area (Å²) in [4.78, 5) is 17.7. The van der Waals surface area contributed by atoms with Crippen molar-refractivity contribution in [2.75, 3.05) is 6.61 Å². The van der Waals surface area contributed by atoms with Crippen molar-refractivity contribution in [2.45, 2.75) is 46.5 Å². The molecule has 0 aliphatic carbocycles. The highest BCUT2D eigenvalue weighted by atomic mass is 16.5. The van der Waals surface area contributed by atoms with E-state index in [4.69, 9.17) is 4.74 Å². The molecule has 0 aromatic carbocycles. The van der Waals surface area contributed by atoms with Gasteiger partial charge in [0.2, 0.25) is 5.88 Å². The molecular weight excluding hydrogens is 240 g/mol. The summed E-state index contributed by atoms with van der Waals surface area (Å²) in [5, 5.41) is 0.837. The highest BCUT2D eigenvalue weighted by Crippen LogP contribution is 2.29. The maximum Gasteiger partial charge on any atom is 0.228 e. The minimum Gasteiger partial charge on any atom is -0.477 e. The molecule has 2 aromatic heterocycles. The van der Waals surface area contributed by atoms with Crippen LogP contribution >= 0.6 is 0 Å². The van der Waals surface area contributed by atoms with Crippen LogP contribution in [0.25, 0.3) is 11.0 Å². The van der Waals surface area contributed by atoms with Crippen LogP contribution < -0.4 is 4.74 Å². The molecule has 0 spiro atoms. The first-order chi connectivity index (χ1) is 9.04. The third-order valence-corrected chi connectivity index (χ3v) is 2.85. The van der Waals surface area contributed by atoms with E-state index in [-0.39, 0.29) is 11.8 Å². The molecule has 0 aliphatic heterocycles. The lowest BCUT2D eigenvalue weighted by atomic mass is 10.1. The normalized spacial score (nSPS) is 11.5. The Morgan fingerprint density at radius 1 is 1.05 bits per heavy atom. The summed E-state index contributed by atoms with van der Waals surface area (Å²) < 4.78 is 5.58. The van der Waals surface area contributed by atoms with Gasteiger partial charge in [-0.15, -0.1) is 0 Å². The van der Waals surface area contributed by atoms with E-state index in [0.717, 1.165) is 16.9 Å². The summed E-state index contributed by atoms with van der Waals surface area (Å²) in [6.07, 6.45) is 1.49. The number of ether oxygens (including phenoxy) is 1. The zero-order chi connectivity index (χ0) is 14.0. The molecule has 0 N–H and O–H groups in total. The summed E-state index contributed by atoms with van der Waals surface area (Å²) >= 11 is 0. The number of hydrogen-bond donors (Lipinski definition) is 0. The van der Waals surface area contributed by atoms with Crippen molar-refractivity contribution in [3.05, 3.63) is 17.8 Å². The summed E-state index contributed by atoms with van der Waals surface area (Å²) in [5.41, 5.74) is 1.62. The molecule has 5 nitrogen and oxygen atoms in total. The summed E-state index contributed by atoms with van der Waals surface area (Å²) in [6.45, 7) is 10.9. The van der Waals surface area contributed by atoms with Crippen molar-refractivity contribution in [1.82, 2.24) is 19.9 Å². The second-order valence-corrected chi connectivity index (χ2v) is 5.09. The van der Waals surface area contributed by atoms with Crippen LogP contribution in [0.3, 0.4) is 0 Å². The highest BCUT2D eigenvalue weighted by Gasteiger charge is 2.18. The molecule has 0 saturated heterocycles. The Bertz CT molecular complexity index is 581. The molecule has 0 amide bonds. The Balaban J connectivity index is 2.75. The van der Waals surface area contributed by atoms with E-state index < -0.39 is 0 Å². The molecule has 0 aliphatic rings. The smallest absolute Gasteiger partial charge is 0.228 e. The van der Waals surface area contributed by atoms with Crippen molar-refractivity contribution < 1.29 is 4.74 Å². The van der Waals surface area contributed by atoms with Gasteiger partial charge in [0.1, 0.15) is 17.5 Å². The van der Waals surface area contributed by atoms with Gasteiger partial charge in [-0.2, -0.15) is 0 Å². The van der Waals surface area contributed by atoms with Gasteiger partial charge in [0, 0.05) is 5.92 Å². The Morgan fingerprint density at radius 3 is 2.37 bits per heavy atom. The zero-order valence-corrected chi connectivity index (χ0v) is 12.1. The lowest BCUT2D eigenvalue weighted by Crippen LogP contribution is -2.07. The number of rotatable bonds is 4. The molecule has 0 atom stereocenters. The van der Waals surface area contributed by atoms with Crippen LogP contribution in [0, 0.1) is 0 Å². The van der Waals surface area contributed by atoms with Gasteiger partial charge in [-0.25, -0.2) is 19.9 Å². The quantitative estimate of drug-likeness (QED) is 0.845. The second kappa shape index (κ2) is 5.47. The summed E-state index contributed by atoms with van der Waals surface area (Å²) in [7, 11) is 0. The molecule has 0 unspecified atom stereocenters. The molecule has 2 rings (SSSR count). The van der Waals surface area contributed by atoms with Gasteiger partial charge in [0.15, 0.2) is 5.65 Å². The molecule has 0 radical (unpaired) electrons. The summed E-state index contributed by atoms with van der Waals surface area (Å²) in [6, 6.07) is 0. The minimum absolute atomic E-state index is 0.271. The SMILES string of the molecule is CCOc1ncnc2nc(C(C)C)nc(C(C)C)c12. The maximum absolute atomic E-state index is 5.58. The minimum atomic E-state index is 0.271. The van der Waals surface area contributed by atoms with Crippen LogP contribution in [0.2, 0.25) is 0 Å². The summed E-state index contributed by atoms with van der Waals surface area (Å²) in [5.74, 6) is 1.93. The third-order valence-electron chi connectivity index (χ3n) is 2.85. The van der Waals surface area contributed by atoms with E-state index in [9.17, 15) is 0 Å². The van der Waals surface area contributed by atoms with Gasteiger partial charge >= 0.3 is 0 Å². The molecule has 2 aromatic rings. The van der Waals surface area contributed by atoms with E-state index in [1.807, 2.05) is 6.92 Å². The maximum atomic E-state index is 5.58. The average Bonchev–Trinajstić information content (AvgIpc) is 2.37. The van der Waals surface area contributed by atoms with E-state index in [0.29, 0.717) is 18.1 Å². The van der Waals surface area contributed by atoms with Crippen LogP contribution in [0.5, 0.6) is 5.88 Å². The van der Waals surface area contributed by atoms with Crippen molar-refractivity contribution >= 4 is 11.0 Å². The van der Waals surface area contributed by atoms with Crippen molar-refractivity contribution in [3.8, 4) is 5.88 Å². The van der Waals surface area contributed by atoms with Gasteiger partial charge in [-0.05, 0) is 12.8 Å². The van der Waals surface area contributed by atoms with Crippen LogP contribution in [0.15, 0.2) is 6.33 Å². The molecule has 19 heavy (non-hydrogen) atoms. The van der Waals surface area contributed by atoms with Crippen LogP contribution in [-0.4, -0.2) is 26.5 Å². The van der Waals surface area contributed by atoms with Crippen molar-refractivity contribution in [2.24, 2.45) is 0 Å². The second-order valence-electron chi connectivity index (χ2n) is 5.09. The molecule has 102 valence electrons. The Kier molecular flexibility index (Phi) is 3.93. The molecule has 5 heteroatoms. The van der Waals surface area contributed by atoms with Gasteiger partial charge in [0.05, 0.1) is 12.3 Å². The molecule has 0 saturated carbocycles. The first-order valence-corrected chi connectivity index (χ1v) is 6.69. The van der Waals surface area contributed by atoms with Gasteiger partial charge < -0.3 is 4.74 Å². The Labute approximate surface area is 113 Å². The fourth-order valence-corrected chi connectivity index (χ4v) is 1.90. The molecule has 0 bridgehead atoms. The highest BCUT2D eigenvalue weighted by molar-refractivity contribution is 5.83. The molecular formula is C14H20N4O. The van der Waals surface area contributed by atoms with Gasteiger partial charge in [-0.3, -0.25) is 0 Å². The van der Waals surface area contributed by atoms with Crippen molar-refractivity contribution in [1.29, 1.82) is 0 Å². The fourth-order valence-electron chi connectivity index (χ4n) is 1.90. The predicted molar refractivity (Wildman–Crippen MR) is 74.5 cm³/mol. The third kappa shape index (κ3) is 2.64. The first kappa shape index (κ1) is 13.6. The standard InChI is InChI=1S/C14H20N4O/c1-6-19-14-10-11(8(2)3)17-12(9(4)5)18-13(10)15-7-16-14/h7-9H,6H2,1-5H3. The topological polar surface area (TPSA) is 60.8 Å². The lowest BCUT2D eigenvalue weighted by Gasteiger charge is -2.14. The van der Waals surface area contributed by atoms with Crippen molar-refractivity contribution in [3.63, 3.8) is 0 Å². The molecule has 0 fully saturated rings. The first-order valence-electron chi connectivity index (χ1n) is 6.69. The van der Waals surface area contributed by atoms with E-state index >= 15 is 0 Å². The average molecular weight is 260 g/mol. The fraction of sp³-hybridized carbons (Fsp3) is 0.571. The largest absolute Gasteiger partial charge is 0.477 e. The van der Waals surface area contributed by atoms with Gasteiger partial charge in [-0.1, -0.05) is 27.7 Å². The molecule has 2 heterocycles. The van der Waals surface area contributed by atoms with E-state index in [1.165, 1.54) is 6.33 Å². The van der Waals surface area contributed by atoms with E-state index in [2.05, 4.69) is 47.6 Å². The Hall–Kier alpha value is -1.78. The van der Waals surface area contributed by atoms with Gasteiger partial charge in [0.25, 0.3) is 0 Å². The predicted octanol–water partition coefficient (Wildman–Crippen LogP) is 3.07. The van der Waals surface area contributed by atoms with Crippen LogP contribution in [0.4, 0.5) is 0 Å². The Morgan fingerprint density at radius 2 is 1.79 bits per heavy atom. The zero-order valence-electron chi connectivity index (χ0n) is 12.1. The number of fused-ring (bicyclic) bond motifs is 1. The lowest BCUT2D eigenvalue weighted by molar-refractivity contribution is 0.330. The van der Waals surface area contributed by atoms with Crippen LogP contribution in [-0.2, 0) is 0 Å². The van der Waals surface area contributed by atoms with Crippen LogP contribution in [0.1, 0.15) is 58.0 Å². The number of nitrogens with zero attached hydrogens (tertiary/aromatic N) is 4. The number of hydrogen-bond acceptors (Lipinski definition) is 5. The monoisotopic (exact) mass is 260 g/mol. The van der Waals surface area contributed by atoms with E-state index in [1.54, 1.807) is 0 Å².